The average Bonchev–Trinajstić information content (AvgIpc) is 2.95. The molecule has 0 atom stereocenters. The molecule has 2 aromatic heterocycles. The van der Waals surface area contributed by atoms with Crippen LogP contribution < -0.4 is 5.32 Å². The second-order valence-electron chi connectivity index (χ2n) is 4.36. The van der Waals surface area contributed by atoms with Crippen molar-refractivity contribution in [1.29, 1.82) is 0 Å². The summed E-state index contributed by atoms with van der Waals surface area (Å²) in [6.07, 6.45) is 0.305. The number of hydrogen-bond donors (Lipinski definition) is 1. The lowest BCUT2D eigenvalue weighted by molar-refractivity contribution is -0.115. The first kappa shape index (κ1) is 13.3. The van der Waals surface area contributed by atoms with E-state index in [1.54, 1.807) is 4.52 Å². The number of rotatable bonds is 3. The summed E-state index contributed by atoms with van der Waals surface area (Å²) in [5, 5.41) is 8.94. The molecule has 0 saturated carbocycles. The molecule has 3 aromatic rings. The standard InChI is InChI=1S/C13H11BrN4OS/c1-8-7-20-13-16-12(17-18(8)13)15-11(19)6-9-2-4-10(14)5-3-9/h2-5,7H,6H2,1H3,(H,15,17,19). The molecular weight excluding hydrogens is 340 g/mol. The van der Waals surface area contributed by atoms with Gasteiger partial charge in [0.1, 0.15) is 0 Å². The van der Waals surface area contributed by atoms with Gasteiger partial charge in [-0.2, -0.15) is 4.98 Å². The van der Waals surface area contributed by atoms with E-state index in [1.165, 1.54) is 11.3 Å². The van der Waals surface area contributed by atoms with Crippen molar-refractivity contribution in [3.8, 4) is 0 Å². The highest BCUT2D eigenvalue weighted by molar-refractivity contribution is 9.10. The molecule has 0 radical (unpaired) electrons. The van der Waals surface area contributed by atoms with Gasteiger partial charge in [0.2, 0.25) is 16.8 Å². The molecule has 1 aromatic carbocycles. The Bertz CT molecular complexity index is 762. The summed E-state index contributed by atoms with van der Waals surface area (Å²) in [7, 11) is 0. The normalized spacial score (nSPS) is 10.9. The van der Waals surface area contributed by atoms with Crippen LogP contribution in [0.25, 0.3) is 4.96 Å². The highest BCUT2D eigenvalue weighted by Crippen LogP contribution is 2.16. The van der Waals surface area contributed by atoms with Crippen LogP contribution in [0.1, 0.15) is 11.3 Å². The lowest BCUT2D eigenvalue weighted by Gasteiger charge is -2.01. The Hall–Kier alpha value is -1.73. The number of carbonyl (C=O) groups excluding carboxylic acids is 1. The zero-order valence-electron chi connectivity index (χ0n) is 10.6. The van der Waals surface area contributed by atoms with E-state index in [9.17, 15) is 4.79 Å². The molecule has 20 heavy (non-hydrogen) atoms. The van der Waals surface area contributed by atoms with Gasteiger partial charge < -0.3 is 0 Å². The van der Waals surface area contributed by atoms with Crippen molar-refractivity contribution in [2.24, 2.45) is 0 Å². The molecule has 2 heterocycles. The van der Waals surface area contributed by atoms with Gasteiger partial charge in [0.05, 0.1) is 12.1 Å². The molecule has 0 spiro atoms. The molecule has 3 rings (SSSR count). The maximum absolute atomic E-state index is 11.9. The predicted molar refractivity (Wildman–Crippen MR) is 82.1 cm³/mol. The van der Waals surface area contributed by atoms with E-state index in [0.29, 0.717) is 12.4 Å². The van der Waals surface area contributed by atoms with Crippen LogP contribution >= 0.6 is 27.3 Å². The number of carbonyl (C=O) groups is 1. The highest BCUT2D eigenvalue weighted by atomic mass is 79.9. The molecule has 0 aliphatic carbocycles. The first-order valence-electron chi connectivity index (χ1n) is 5.97. The molecule has 0 aliphatic rings. The summed E-state index contributed by atoms with van der Waals surface area (Å²) in [5.41, 5.74) is 1.95. The number of hydrogen-bond acceptors (Lipinski definition) is 4. The number of nitrogens with zero attached hydrogens (tertiary/aromatic N) is 3. The molecule has 0 saturated heterocycles. The summed E-state index contributed by atoms with van der Waals surface area (Å²) >= 11 is 4.87. The maximum atomic E-state index is 11.9. The predicted octanol–water partition coefficient (Wildman–Crippen LogP) is 3.04. The van der Waals surface area contributed by atoms with Crippen LogP contribution in [0.15, 0.2) is 34.1 Å². The quantitative estimate of drug-likeness (QED) is 0.789. The summed E-state index contributed by atoms with van der Waals surface area (Å²) in [4.78, 5) is 17.0. The van der Waals surface area contributed by atoms with Crippen LogP contribution in [0.2, 0.25) is 0 Å². The van der Waals surface area contributed by atoms with Crippen molar-refractivity contribution in [3.63, 3.8) is 0 Å². The number of fused-ring (bicyclic) bond motifs is 1. The zero-order chi connectivity index (χ0) is 14.1. The van der Waals surface area contributed by atoms with Gasteiger partial charge in [-0.15, -0.1) is 16.4 Å². The van der Waals surface area contributed by atoms with Crippen LogP contribution in [0, 0.1) is 6.92 Å². The van der Waals surface area contributed by atoms with Gasteiger partial charge in [-0.05, 0) is 24.6 Å². The maximum Gasteiger partial charge on any atom is 0.250 e. The van der Waals surface area contributed by atoms with Crippen molar-refractivity contribution < 1.29 is 4.79 Å². The third-order valence-corrected chi connectivity index (χ3v) is 4.24. The Kier molecular flexibility index (Phi) is 3.54. The van der Waals surface area contributed by atoms with Crippen molar-refractivity contribution in [3.05, 3.63) is 45.4 Å². The molecule has 0 fully saturated rings. The topological polar surface area (TPSA) is 59.3 Å². The Balaban J connectivity index is 1.70. The second kappa shape index (κ2) is 5.34. The van der Waals surface area contributed by atoms with Gasteiger partial charge in [0, 0.05) is 9.85 Å². The first-order valence-corrected chi connectivity index (χ1v) is 7.64. The third kappa shape index (κ3) is 2.73. The lowest BCUT2D eigenvalue weighted by Crippen LogP contribution is -2.15. The van der Waals surface area contributed by atoms with Gasteiger partial charge in [-0.1, -0.05) is 28.1 Å². The number of benzene rings is 1. The Labute approximate surface area is 127 Å². The largest absolute Gasteiger partial charge is 0.293 e. The number of amides is 1. The number of nitrogens with one attached hydrogen (secondary N) is 1. The minimum absolute atomic E-state index is 0.122. The number of halogens is 1. The number of thiazole rings is 1. The smallest absolute Gasteiger partial charge is 0.250 e. The Morgan fingerprint density at radius 3 is 2.85 bits per heavy atom. The molecule has 5 nitrogen and oxygen atoms in total. The van der Waals surface area contributed by atoms with Crippen LogP contribution in [0.5, 0.6) is 0 Å². The van der Waals surface area contributed by atoms with Crippen molar-refractivity contribution in [2.45, 2.75) is 13.3 Å². The third-order valence-electron chi connectivity index (χ3n) is 2.78. The van der Waals surface area contributed by atoms with Crippen LogP contribution in [0.3, 0.4) is 0 Å². The van der Waals surface area contributed by atoms with E-state index in [4.69, 9.17) is 0 Å². The van der Waals surface area contributed by atoms with E-state index < -0.39 is 0 Å². The van der Waals surface area contributed by atoms with Crippen molar-refractivity contribution >= 4 is 44.1 Å². The van der Waals surface area contributed by atoms with Crippen molar-refractivity contribution in [2.75, 3.05) is 5.32 Å². The number of aromatic nitrogens is 3. The summed E-state index contributed by atoms with van der Waals surface area (Å²) < 4.78 is 2.72. The van der Waals surface area contributed by atoms with E-state index >= 15 is 0 Å². The van der Waals surface area contributed by atoms with Gasteiger partial charge >= 0.3 is 0 Å². The average molecular weight is 351 g/mol. The van der Waals surface area contributed by atoms with Crippen LogP contribution in [-0.4, -0.2) is 20.5 Å². The molecule has 1 amide bonds. The SMILES string of the molecule is Cc1csc2nc(NC(=O)Cc3ccc(Br)cc3)nn12. The monoisotopic (exact) mass is 350 g/mol. The molecule has 0 unspecified atom stereocenters. The molecule has 0 bridgehead atoms. The van der Waals surface area contributed by atoms with Crippen LogP contribution in [-0.2, 0) is 11.2 Å². The lowest BCUT2D eigenvalue weighted by atomic mass is 10.1. The fraction of sp³-hybridized carbons (Fsp3) is 0.154. The summed E-state index contributed by atoms with van der Waals surface area (Å²) in [6.45, 7) is 1.95. The number of aryl methyl sites for hydroxylation is 1. The van der Waals surface area contributed by atoms with E-state index in [2.05, 4.69) is 31.3 Å². The van der Waals surface area contributed by atoms with E-state index in [-0.39, 0.29) is 5.91 Å². The summed E-state index contributed by atoms with van der Waals surface area (Å²) in [5.74, 6) is 0.227. The zero-order valence-corrected chi connectivity index (χ0v) is 13.0. The minimum Gasteiger partial charge on any atom is -0.293 e. The van der Waals surface area contributed by atoms with Gasteiger partial charge in [0.25, 0.3) is 0 Å². The second-order valence-corrected chi connectivity index (χ2v) is 6.11. The van der Waals surface area contributed by atoms with E-state index in [0.717, 1.165) is 20.7 Å². The minimum atomic E-state index is -0.122. The van der Waals surface area contributed by atoms with Gasteiger partial charge in [0.15, 0.2) is 0 Å². The molecule has 102 valence electrons. The first-order chi connectivity index (χ1) is 9.61. The molecular formula is C13H11BrN4OS. The highest BCUT2D eigenvalue weighted by Gasteiger charge is 2.10. The summed E-state index contributed by atoms with van der Waals surface area (Å²) in [6, 6.07) is 7.65. The van der Waals surface area contributed by atoms with Gasteiger partial charge in [-0.3, -0.25) is 10.1 Å². The molecule has 1 N–H and O–H groups in total. The fourth-order valence-corrected chi connectivity index (χ4v) is 2.87. The van der Waals surface area contributed by atoms with Crippen molar-refractivity contribution in [1.82, 2.24) is 14.6 Å². The number of anilines is 1. The van der Waals surface area contributed by atoms with Gasteiger partial charge in [-0.25, -0.2) is 4.52 Å². The van der Waals surface area contributed by atoms with Crippen LogP contribution in [0.4, 0.5) is 5.95 Å². The Morgan fingerprint density at radius 2 is 2.15 bits per heavy atom. The molecule has 0 aliphatic heterocycles. The molecule has 7 heteroatoms. The van der Waals surface area contributed by atoms with E-state index in [1.807, 2.05) is 36.6 Å². The Morgan fingerprint density at radius 1 is 1.40 bits per heavy atom. The fourth-order valence-electron chi connectivity index (χ4n) is 1.80.